The molecule has 3 aromatic rings. The van der Waals surface area contributed by atoms with Gasteiger partial charge in [-0.2, -0.15) is 0 Å². The van der Waals surface area contributed by atoms with Gasteiger partial charge in [-0.05, 0) is 60.9 Å². The van der Waals surface area contributed by atoms with E-state index in [1.54, 1.807) is 42.5 Å². The lowest BCUT2D eigenvalue weighted by Gasteiger charge is -2.24. The number of aromatic carboxylic acids is 2. The average Bonchev–Trinajstić information content (AvgIpc) is 3.07. The SMILES string of the molecule is CCN(CCCCN1C(=O)c2ccccc2C1=O)c1ccc2ccc(C(=O)O)c(C(=O)O)c2c1. The van der Waals surface area contributed by atoms with Crippen molar-refractivity contribution in [2.75, 3.05) is 24.5 Å². The quantitative estimate of drug-likeness (QED) is 0.364. The molecule has 8 nitrogen and oxygen atoms in total. The minimum atomic E-state index is -1.29. The van der Waals surface area contributed by atoms with E-state index < -0.39 is 11.9 Å². The minimum absolute atomic E-state index is 0.228. The third-order valence-electron chi connectivity index (χ3n) is 6.13. The Hall–Kier alpha value is -4.20. The molecule has 1 heterocycles. The number of benzene rings is 3. The fourth-order valence-electron chi connectivity index (χ4n) is 4.40. The highest BCUT2D eigenvalue weighted by molar-refractivity contribution is 6.21. The van der Waals surface area contributed by atoms with E-state index in [1.165, 1.54) is 11.0 Å². The number of rotatable bonds is 9. The van der Waals surface area contributed by atoms with Crippen molar-refractivity contribution >= 4 is 40.2 Å². The van der Waals surface area contributed by atoms with Crippen LogP contribution >= 0.6 is 0 Å². The summed E-state index contributed by atoms with van der Waals surface area (Å²) in [6, 6.07) is 15.1. The van der Waals surface area contributed by atoms with Crippen LogP contribution in [0.1, 0.15) is 61.2 Å². The Bertz CT molecular complexity index is 1280. The molecule has 34 heavy (non-hydrogen) atoms. The molecule has 0 radical (unpaired) electrons. The van der Waals surface area contributed by atoms with Gasteiger partial charge >= 0.3 is 11.9 Å². The number of imide groups is 1. The summed E-state index contributed by atoms with van der Waals surface area (Å²) in [5.41, 5.74) is 1.18. The lowest BCUT2D eigenvalue weighted by Crippen LogP contribution is -2.31. The topological polar surface area (TPSA) is 115 Å². The Morgan fingerprint density at radius 1 is 0.882 bits per heavy atom. The smallest absolute Gasteiger partial charge is 0.337 e. The van der Waals surface area contributed by atoms with Crippen molar-refractivity contribution in [3.05, 3.63) is 76.9 Å². The number of unbranched alkanes of at least 4 members (excludes halogenated alkanes) is 1. The Balaban J connectivity index is 1.47. The zero-order chi connectivity index (χ0) is 24.4. The zero-order valence-electron chi connectivity index (χ0n) is 18.7. The van der Waals surface area contributed by atoms with Gasteiger partial charge in [0.05, 0.1) is 22.3 Å². The molecule has 0 aliphatic carbocycles. The number of carbonyl (C=O) groups is 4. The maximum Gasteiger partial charge on any atom is 0.337 e. The molecule has 0 saturated heterocycles. The zero-order valence-corrected chi connectivity index (χ0v) is 18.7. The Labute approximate surface area is 196 Å². The average molecular weight is 460 g/mol. The summed E-state index contributed by atoms with van der Waals surface area (Å²) in [7, 11) is 0. The number of fused-ring (bicyclic) bond motifs is 2. The number of hydrogen-bond donors (Lipinski definition) is 2. The number of hydrogen-bond acceptors (Lipinski definition) is 5. The van der Waals surface area contributed by atoms with Gasteiger partial charge < -0.3 is 15.1 Å². The van der Waals surface area contributed by atoms with Gasteiger partial charge in [0, 0.05) is 25.3 Å². The van der Waals surface area contributed by atoms with Gasteiger partial charge in [0.25, 0.3) is 11.8 Å². The van der Waals surface area contributed by atoms with E-state index in [0.29, 0.717) is 54.4 Å². The molecule has 0 fully saturated rings. The molecule has 0 saturated carbocycles. The van der Waals surface area contributed by atoms with Gasteiger partial charge in [-0.15, -0.1) is 0 Å². The summed E-state index contributed by atoms with van der Waals surface area (Å²) in [4.78, 5) is 51.7. The molecule has 0 bridgehead atoms. The van der Waals surface area contributed by atoms with Crippen LogP contribution in [0.4, 0.5) is 5.69 Å². The molecule has 174 valence electrons. The monoisotopic (exact) mass is 460 g/mol. The molecule has 0 aromatic heterocycles. The fraction of sp³-hybridized carbons (Fsp3) is 0.231. The van der Waals surface area contributed by atoms with Crippen molar-refractivity contribution in [2.24, 2.45) is 0 Å². The van der Waals surface area contributed by atoms with Crippen LogP contribution in [-0.4, -0.2) is 58.5 Å². The lowest BCUT2D eigenvalue weighted by atomic mass is 9.98. The Morgan fingerprint density at radius 2 is 1.53 bits per heavy atom. The van der Waals surface area contributed by atoms with Gasteiger partial charge in [-0.25, -0.2) is 9.59 Å². The van der Waals surface area contributed by atoms with Crippen LogP contribution in [0.25, 0.3) is 10.8 Å². The van der Waals surface area contributed by atoms with Crippen LogP contribution in [0.2, 0.25) is 0 Å². The Kier molecular flexibility index (Phi) is 6.32. The molecule has 8 heteroatoms. The van der Waals surface area contributed by atoms with Crippen LogP contribution in [0, 0.1) is 0 Å². The van der Waals surface area contributed by atoms with E-state index >= 15 is 0 Å². The third-order valence-corrected chi connectivity index (χ3v) is 6.13. The highest BCUT2D eigenvalue weighted by Gasteiger charge is 2.34. The first kappa shape index (κ1) is 23.0. The molecule has 0 spiro atoms. The standard InChI is InChI=1S/C26H24N2O6/c1-2-27(13-5-6-14-28-23(29)18-7-3-4-8-19(18)24(28)30)17-11-9-16-10-12-20(25(31)32)22(26(33)34)21(16)15-17/h3-4,7-12,15H,2,5-6,13-14H2,1H3,(H,31,32)(H,33,34). The largest absolute Gasteiger partial charge is 0.478 e. The second kappa shape index (κ2) is 9.35. The highest BCUT2D eigenvalue weighted by atomic mass is 16.4. The second-order valence-corrected chi connectivity index (χ2v) is 8.10. The van der Waals surface area contributed by atoms with Gasteiger partial charge in [-0.1, -0.05) is 24.3 Å². The van der Waals surface area contributed by atoms with Crippen LogP contribution in [0.3, 0.4) is 0 Å². The van der Waals surface area contributed by atoms with Crippen LogP contribution < -0.4 is 4.90 Å². The molecule has 1 aliphatic heterocycles. The minimum Gasteiger partial charge on any atom is -0.478 e. The summed E-state index contributed by atoms with van der Waals surface area (Å²) < 4.78 is 0. The molecule has 2 N–H and O–H groups in total. The maximum atomic E-state index is 12.5. The van der Waals surface area contributed by atoms with E-state index in [1.807, 2.05) is 13.0 Å². The summed E-state index contributed by atoms with van der Waals surface area (Å²) in [6.07, 6.45) is 1.33. The first-order chi connectivity index (χ1) is 16.3. The van der Waals surface area contributed by atoms with Gasteiger partial charge in [-0.3, -0.25) is 14.5 Å². The molecular weight excluding hydrogens is 436 g/mol. The first-order valence-corrected chi connectivity index (χ1v) is 11.1. The summed E-state index contributed by atoms with van der Waals surface area (Å²) in [6.45, 7) is 3.58. The maximum absolute atomic E-state index is 12.5. The predicted molar refractivity (Wildman–Crippen MR) is 127 cm³/mol. The number of carboxylic acid groups (broad SMARTS) is 2. The van der Waals surface area contributed by atoms with E-state index in [4.69, 9.17) is 0 Å². The van der Waals surface area contributed by atoms with E-state index in [2.05, 4.69) is 4.90 Å². The van der Waals surface area contributed by atoms with Crippen LogP contribution in [0.5, 0.6) is 0 Å². The molecule has 3 aromatic carbocycles. The molecule has 1 aliphatic rings. The molecular formula is C26H24N2O6. The lowest BCUT2D eigenvalue weighted by molar-refractivity contribution is 0.0648. The number of carboxylic acids is 2. The molecule has 0 unspecified atom stereocenters. The van der Waals surface area contributed by atoms with E-state index in [0.717, 1.165) is 5.69 Å². The van der Waals surface area contributed by atoms with Crippen molar-refractivity contribution in [1.82, 2.24) is 4.90 Å². The van der Waals surface area contributed by atoms with Crippen molar-refractivity contribution in [1.29, 1.82) is 0 Å². The van der Waals surface area contributed by atoms with Crippen LogP contribution in [-0.2, 0) is 0 Å². The van der Waals surface area contributed by atoms with E-state index in [9.17, 15) is 29.4 Å². The summed E-state index contributed by atoms with van der Waals surface area (Å²) >= 11 is 0. The number of carbonyl (C=O) groups excluding carboxylic acids is 2. The van der Waals surface area contributed by atoms with Crippen molar-refractivity contribution in [3.63, 3.8) is 0 Å². The number of nitrogens with zero attached hydrogens (tertiary/aromatic N) is 2. The highest BCUT2D eigenvalue weighted by Crippen LogP contribution is 2.28. The van der Waals surface area contributed by atoms with Gasteiger partial charge in [0.1, 0.15) is 0 Å². The van der Waals surface area contributed by atoms with Crippen molar-refractivity contribution < 1.29 is 29.4 Å². The number of amides is 2. The molecule has 4 rings (SSSR count). The van der Waals surface area contributed by atoms with Crippen molar-refractivity contribution in [2.45, 2.75) is 19.8 Å². The van der Waals surface area contributed by atoms with E-state index in [-0.39, 0.29) is 22.9 Å². The number of anilines is 1. The summed E-state index contributed by atoms with van der Waals surface area (Å²) in [5, 5.41) is 20.1. The van der Waals surface area contributed by atoms with Crippen molar-refractivity contribution in [3.8, 4) is 0 Å². The van der Waals surface area contributed by atoms with Crippen LogP contribution in [0.15, 0.2) is 54.6 Å². The second-order valence-electron chi connectivity index (χ2n) is 8.10. The van der Waals surface area contributed by atoms with Gasteiger partial charge in [0.2, 0.25) is 0 Å². The third kappa shape index (κ3) is 4.10. The van der Waals surface area contributed by atoms with Gasteiger partial charge in [0.15, 0.2) is 0 Å². The fourth-order valence-corrected chi connectivity index (χ4v) is 4.40. The normalized spacial score (nSPS) is 12.8. The first-order valence-electron chi connectivity index (χ1n) is 11.1. The predicted octanol–water partition coefficient (Wildman–Crippen LogP) is 4.14. The molecule has 2 amide bonds. The molecule has 0 atom stereocenters. The summed E-state index contributed by atoms with van der Waals surface area (Å²) in [5.74, 6) is -3.11. The Morgan fingerprint density at radius 3 is 2.12 bits per heavy atom.